The monoisotopic (exact) mass is 234 g/mol. The second kappa shape index (κ2) is 4.33. The Bertz CT molecular complexity index is 383. The van der Waals surface area contributed by atoms with E-state index >= 15 is 0 Å². The predicted molar refractivity (Wildman–Crippen MR) is 69.2 cm³/mol. The summed E-state index contributed by atoms with van der Waals surface area (Å²) < 4.78 is 2.35. The maximum absolute atomic E-state index is 4.45. The van der Waals surface area contributed by atoms with Gasteiger partial charge in [0.25, 0.3) is 0 Å². The van der Waals surface area contributed by atoms with Crippen LogP contribution in [-0.2, 0) is 0 Å². The van der Waals surface area contributed by atoms with Gasteiger partial charge in [0.2, 0.25) is 5.95 Å². The largest absolute Gasteiger partial charge is 0.353 e. The molecule has 1 aliphatic heterocycles. The van der Waals surface area contributed by atoms with Gasteiger partial charge in [-0.25, -0.2) is 4.98 Å². The maximum Gasteiger partial charge on any atom is 0.203 e. The molecule has 2 fully saturated rings. The van der Waals surface area contributed by atoms with E-state index in [4.69, 9.17) is 0 Å². The second-order valence-corrected chi connectivity index (χ2v) is 5.58. The number of likely N-dealkylation sites (tertiary alicyclic amines) is 1. The van der Waals surface area contributed by atoms with Crippen LogP contribution in [0.15, 0.2) is 12.4 Å². The summed E-state index contributed by atoms with van der Waals surface area (Å²) in [6, 6.07) is 1.97. The fourth-order valence-corrected chi connectivity index (χ4v) is 2.65. The first-order valence-corrected chi connectivity index (χ1v) is 6.73. The van der Waals surface area contributed by atoms with E-state index in [0.29, 0.717) is 18.1 Å². The lowest BCUT2D eigenvalue weighted by atomic mass is 9.99. The van der Waals surface area contributed by atoms with Gasteiger partial charge in [-0.1, -0.05) is 0 Å². The average molecular weight is 234 g/mol. The summed E-state index contributed by atoms with van der Waals surface area (Å²) >= 11 is 0. The number of aromatic nitrogens is 2. The van der Waals surface area contributed by atoms with Crippen molar-refractivity contribution < 1.29 is 0 Å². The third-order valence-electron chi connectivity index (χ3n) is 4.15. The Morgan fingerprint density at radius 3 is 2.88 bits per heavy atom. The molecule has 1 aromatic heterocycles. The van der Waals surface area contributed by atoms with Crippen LogP contribution in [0.4, 0.5) is 5.95 Å². The molecule has 0 amide bonds. The summed E-state index contributed by atoms with van der Waals surface area (Å²) in [6.45, 7) is 3.50. The van der Waals surface area contributed by atoms with Crippen molar-refractivity contribution in [3.8, 4) is 0 Å². The van der Waals surface area contributed by atoms with Crippen molar-refractivity contribution in [2.45, 2.75) is 50.7 Å². The normalized spacial score (nSPS) is 30.5. The molecule has 2 atom stereocenters. The molecule has 2 unspecified atom stereocenters. The summed E-state index contributed by atoms with van der Waals surface area (Å²) in [5.74, 6) is 1.08. The van der Waals surface area contributed by atoms with Crippen LogP contribution >= 0.6 is 0 Å². The standard InChI is InChI=1S/C13H22N4/c1-10-9-12(5-7-16(10)2)17-8-6-14-13(17)15-11-3-4-11/h6,8,10-12H,3-5,7,9H2,1-2H3,(H,14,15). The van der Waals surface area contributed by atoms with Crippen molar-refractivity contribution in [1.29, 1.82) is 0 Å². The third kappa shape index (κ3) is 2.32. The lowest BCUT2D eigenvalue weighted by Crippen LogP contribution is -2.38. The topological polar surface area (TPSA) is 33.1 Å². The van der Waals surface area contributed by atoms with E-state index < -0.39 is 0 Å². The zero-order chi connectivity index (χ0) is 11.8. The molecule has 1 aliphatic carbocycles. The molecule has 3 rings (SSSR count). The van der Waals surface area contributed by atoms with E-state index in [0.717, 1.165) is 5.95 Å². The summed E-state index contributed by atoms with van der Waals surface area (Å²) in [6.07, 6.45) is 9.12. The fourth-order valence-electron chi connectivity index (χ4n) is 2.65. The molecule has 2 heterocycles. The van der Waals surface area contributed by atoms with Gasteiger partial charge in [0.15, 0.2) is 0 Å². The number of anilines is 1. The first-order chi connectivity index (χ1) is 8.24. The highest BCUT2D eigenvalue weighted by Gasteiger charge is 2.27. The van der Waals surface area contributed by atoms with Crippen molar-refractivity contribution in [1.82, 2.24) is 14.5 Å². The van der Waals surface area contributed by atoms with Gasteiger partial charge >= 0.3 is 0 Å². The Hall–Kier alpha value is -1.03. The number of imidazole rings is 1. The van der Waals surface area contributed by atoms with Gasteiger partial charge in [-0.05, 0) is 39.7 Å². The first-order valence-electron chi connectivity index (χ1n) is 6.73. The molecule has 4 heteroatoms. The van der Waals surface area contributed by atoms with E-state index in [1.54, 1.807) is 0 Å². The molecule has 94 valence electrons. The Morgan fingerprint density at radius 2 is 2.18 bits per heavy atom. The summed E-state index contributed by atoms with van der Waals surface area (Å²) in [7, 11) is 2.22. The van der Waals surface area contributed by atoms with Gasteiger partial charge in [-0.2, -0.15) is 0 Å². The maximum atomic E-state index is 4.45. The van der Waals surface area contributed by atoms with Crippen molar-refractivity contribution >= 4 is 5.95 Å². The van der Waals surface area contributed by atoms with Gasteiger partial charge in [0, 0.05) is 37.1 Å². The smallest absolute Gasteiger partial charge is 0.203 e. The van der Waals surface area contributed by atoms with Crippen molar-refractivity contribution in [2.24, 2.45) is 0 Å². The number of nitrogens with one attached hydrogen (secondary N) is 1. The van der Waals surface area contributed by atoms with Crippen LogP contribution < -0.4 is 5.32 Å². The Balaban J connectivity index is 1.72. The molecule has 0 aromatic carbocycles. The van der Waals surface area contributed by atoms with Crippen molar-refractivity contribution in [2.75, 3.05) is 18.9 Å². The van der Waals surface area contributed by atoms with Crippen molar-refractivity contribution in [3.63, 3.8) is 0 Å². The van der Waals surface area contributed by atoms with Gasteiger partial charge < -0.3 is 14.8 Å². The minimum absolute atomic E-state index is 0.616. The van der Waals surface area contributed by atoms with Crippen LogP contribution in [0, 0.1) is 0 Å². The van der Waals surface area contributed by atoms with Crippen molar-refractivity contribution in [3.05, 3.63) is 12.4 Å². The predicted octanol–water partition coefficient (Wildman–Crippen LogP) is 2.11. The van der Waals surface area contributed by atoms with Gasteiger partial charge in [-0.3, -0.25) is 0 Å². The minimum atomic E-state index is 0.616. The highest BCUT2D eigenvalue weighted by Crippen LogP contribution is 2.30. The highest BCUT2D eigenvalue weighted by atomic mass is 15.2. The highest BCUT2D eigenvalue weighted by molar-refractivity contribution is 5.30. The summed E-state index contributed by atoms with van der Waals surface area (Å²) in [5, 5.41) is 3.53. The van der Waals surface area contributed by atoms with E-state index in [1.807, 2.05) is 6.20 Å². The Morgan fingerprint density at radius 1 is 1.35 bits per heavy atom. The summed E-state index contributed by atoms with van der Waals surface area (Å²) in [4.78, 5) is 6.90. The van der Waals surface area contributed by atoms with Gasteiger partial charge in [0.05, 0.1) is 0 Å². The SMILES string of the molecule is CC1CC(n2ccnc2NC2CC2)CCN1C. The Kier molecular flexibility index (Phi) is 2.82. The van der Waals surface area contributed by atoms with Crippen LogP contribution in [0.3, 0.4) is 0 Å². The fraction of sp³-hybridized carbons (Fsp3) is 0.769. The molecule has 0 spiro atoms. The minimum Gasteiger partial charge on any atom is -0.353 e. The van der Waals surface area contributed by atoms with Crippen LogP contribution in [0.25, 0.3) is 0 Å². The molecule has 0 radical (unpaired) electrons. The van der Waals surface area contributed by atoms with Gasteiger partial charge in [0.1, 0.15) is 0 Å². The number of nitrogens with zero attached hydrogens (tertiary/aromatic N) is 3. The molecule has 1 N–H and O–H groups in total. The molecule has 0 bridgehead atoms. The lowest BCUT2D eigenvalue weighted by molar-refractivity contribution is 0.157. The molecule has 2 aliphatic rings. The van der Waals surface area contributed by atoms with E-state index in [-0.39, 0.29) is 0 Å². The molecule has 17 heavy (non-hydrogen) atoms. The van der Waals surface area contributed by atoms with Crippen LogP contribution in [0.1, 0.15) is 38.6 Å². The van der Waals surface area contributed by atoms with Crippen LogP contribution in [0.2, 0.25) is 0 Å². The lowest BCUT2D eigenvalue weighted by Gasteiger charge is -2.36. The quantitative estimate of drug-likeness (QED) is 0.869. The number of piperidine rings is 1. The van der Waals surface area contributed by atoms with Crippen LogP contribution in [-0.4, -0.2) is 40.1 Å². The van der Waals surface area contributed by atoms with Gasteiger partial charge in [-0.15, -0.1) is 0 Å². The molecule has 1 saturated heterocycles. The molecule has 1 aromatic rings. The zero-order valence-electron chi connectivity index (χ0n) is 10.8. The Labute approximate surface area is 103 Å². The number of hydrogen-bond donors (Lipinski definition) is 1. The third-order valence-corrected chi connectivity index (χ3v) is 4.15. The van der Waals surface area contributed by atoms with E-state index in [2.05, 4.69) is 39.9 Å². The van der Waals surface area contributed by atoms with E-state index in [9.17, 15) is 0 Å². The number of rotatable bonds is 3. The van der Waals surface area contributed by atoms with E-state index in [1.165, 1.54) is 32.2 Å². The molecule has 4 nitrogen and oxygen atoms in total. The molecule has 1 saturated carbocycles. The molecular weight excluding hydrogens is 212 g/mol. The summed E-state index contributed by atoms with van der Waals surface area (Å²) in [5.41, 5.74) is 0. The number of hydrogen-bond acceptors (Lipinski definition) is 3. The van der Waals surface area contributed by atoms with Crippen LogP contribution in [0.5, 0.6) is 0 Å². The second-order valence-electron chi connectivity index (χ2n) is 5.58. The zero-order valence-corrected chi connectivity index (χ0v) is 10.8. The molecular formula is C13H22N4. The average Bonchev–Trinajstić information content (AvgIpc) is 3.00. The first kappa shape index (κ1) is 11.1.